The van der Waals surface area contributed by atoms with E-state index in [0.717, 1.165) is 38.8 Å². The van der Waals surface area contributed by atoms with Crippen molar-refractivity contribution >= 4 is 38.6 Å². The molecule has 0 fully saturated rings. The van der Waals surface area contributed by atoms with E-state index in [1.54, 1.807) is 0 Å². The Bertz CT molecular complexity index is 1160. The van der Waals surface area contributed by atoms with Gasteiger partial charge in [-0.2, -0.15) is 0 Å². The Balaban J connectivity index is 1.58. The van der Waals surface area contributed by atoms with Crippen molar-refractivity contribution in [1.29, 1.82) is 0 Å². The summed E-state index contributed by atoms with van der Waals surface area (Å²) in [5.74, 6) is 0.435. The zero-order chi connectivity index (χ0) is 19.7. The third-order valence-electron chi connectivity index (χ3n) is 4.69. The summed E-state index contributed by atoms with van der Waals surface area (Å²) in [5.41, 5.74) is 5.97. The van der Waals surface area contributed by atoms with E-state index in [1.807, 2.05) is 61.5 Å². The first-order valence-electron chi connectivity index (χ1n) is 9.11. The Hall–Kier alpha value is -2.92. The van der Waals surface area contributed by atoms with E-state index in [-0.39, 0.29) is 5.91 Å². The Morgan fingerprint density at radius 3 is 2.57 bits per heavy atom. The van der Waals surface area contributed by atoms with Crippen LogP contribution in [0.4, 0.5) is 5.69 Å². The van der Waals surface area contributed by atoms with Crippen molar-refractivity contribution in [1.82, 2.24) is 4.98 Å². The Labute approximate surface area is 171 Å². The fourth-order valence-electron chi connectivity index (χ4n) is 3.10. The molecule has 1 heterocycles. The number of aryl methyl sites for hydroxylation is 2. The van der Waals surface area contributed by atoms with Crippen molar-refractivity contribution in [2.24, 2.45) is 0 Å². The van der Waals surface area contributed by atoms with Gasteiger partial charge in [-0.15, -0.1) is 0 Å². The summed E-state index contributed by atoms with van der Waals surface area (Å²) >= 11 is 3.56. The minimum Gasteiger partial charge on any atom is -0.435 e. The van der Waals surface area contributed by atoms with Crippen LogP contribution < -0.4 is 5.32 Å². The van der Waals surface area contributed by atoms with E-state index in [4.69, 9.17) is 4.42 Å². The fourth-order valence-corrected chi connectivity index (χ4v) is 3.67. The second-order valence-corrected chi connectivity index (χ2v) is 7.50. The average Bonchev–Trinajstić information content (AvgIpc) is 3.13. The molecule has 0 unspecified atom stereocenters. The number of fused-ring (bicyclic) bond motifs is 1. The van der Waals surface area contributed by atoms with Crippen molar-refractivity contribution in [2.45, 2.75) is 20.3 Å². The quantitative estimate of drug-likeness (QED) is 0.405. The molecule has 0 saturated heterocycles. The third kappa shape index (κ3) is 3.58. The van der Waals surface area contributed by atoms with Gasteiger partial charge in [-0.1, -0.05) is 25.1 Å². The predicted molar refractivity (Wildman–Crippen MR) is 116 cm³/mol. The van der Waals surface area contributed by atoms with Crippen molar-refractivity contribution in [3.63, 3.8) is 0 Å². The normalized spacial score (nSPS) is 11.0. The molecular formula is C23H19BrN2O2. The van der Waals surface area contributed by atoms with Crippen LogP contribution >= 0.6 is 15.9 Å². The number of amides is 1. The molecule has 4 nitrogen and oxygen atoms in total. The molecule has 1 amide bonds. The van der Waals surface area contributed by atoms with Gasteiger partial charge in [0.2, 0.25) is 5.89 Å². The number of nitrogens with one attached hydrogen (secondary N) is 1. The van der Waals surface area contributed by atoms with E-state index < -0.39 is 0 Å². The second kappa shape index (κ2) is 7.60. The van der Waals surface area contributed by atoms with Crippen LogP contribution in [-0.4, -0.2) is 10.9 Å². The summed E-state index contributed by atoms with van der Waals surface area (Å²) in [5, 5.41) is 2.93. The van der Waals surface area contributed by atoms with Crippen LogP contribution in [0, 0.1) is 6.92 Å². The van der Waals surface area contributed by atoms with E-state index >= 15 is 0 Å². The SMILES string of the molecule is CCc1cc(Br)c2oc(-c3ccc(NC(=O)c4ccccc4C)cc3)nc2c1. The summed E-state index contributed by atoms with van der Waals surface area (Å²) < 4.78 is 6.85. The van der Waals surface area contributed by atoms with E-state index in [9.17, 15) is 4.79 Å². The number of carbonyl (C=O) groups is 1. The van der Waals surface area contributed by atoms with Crippen LogP contribution in [0.1, 0.15) is 28.4 Å². The number of hydrogen-bond donors (Lipinski definition) is 1. The lowest BCUT2D eigenvalue weighted by Gasteiger charge is -2.07. The fraction of sp³-hybridized carbons (Fsp3) is 0.130. The van der Waals surface area contributed by atoms with Gasteiger partial charge in [-0.25, -0.2) is 4.98 Å². The summed E-state index contributed by atoms with van der Waals surface area (Å²) in [6.45, 7) is 4.03. The van der Waals surface area contributed by atoms with Gasteiger partial charge in [0.15, 0.2) is 5.58 Å². The molecule has 0 aliphatic heterocycles. The smallest absolute Gasteiger partial charge is 0.255 e. The molecule has 0 aliphatic rings. The minimum atomic E-state index is -0.122. The number of oxazole rings is 1. The van der Waals surface area contributed by atoms with Gasteiger partial charge in [0.1, 0.15) is 5.52 Å². The van der Waals surface area contributed by atoms with Gasteiger partial charge in [0.25, 0.3) is 5.91 Å². The van der Waals surface area contributed by atoms with Crippen molar-refractivity contribution in [3.05, 3.63) is 81.8 Å². The minimum absolute atomic E-state index is 0.122. The number of benzene rings is 3. The van der Waals surface area contributed by atoms with Gasteiger partial charge in [-0.3, -0.25) is 4.79 Å². The molecule has 0 bridgehead atoms. The maximum atomic E-state index is 12.5. The lowest BCUT2D eigenvalue weighted by Crippen LogP contribution is -2.13. The Morgan fingerprint density at radius 2 is 1.86 bits per heavy atom. The number of hydrogen-bond acceptors (Lipinski definition) is 3. The molecule has 5 heteroatoms. The Kier molecular flexibility index (Phi) is 5.01. The molecule has 0 radical (unpaired) electrons. The molecule has 0 aliphatic carbocycles. The molecule has 0 spiro atoms. The number of aromatic nitrogens is 1. The first kappa shape index (κ1) is 18.4. The molecule has 3 aromatic carbocycles. The number of anilines is 1. The molecule has 28 heavy (non-hydrogen) atoms. The first-order chi connectivity index (χ1) is 13.5. The highest BCUT2D eigenvalue weighted by Crippen LogP contribution is 2.31. The van der Waals surface area contributed by atoms with Crippen molar-refractivity contribution < 1.29 is 9.21 Å². The Morgan fingerprint density at radius 1 is 1.11 bits per heavy atom. The molecule has 1 N–H and O–H groups in total. The van der Waals surface area contributed by atoms with Crippen LogP contribution in [0.25, 0.3) is 22.6 Å². The van der Waals surface area contributed by atoms with Gasteiger partial charge in [-0.05, 0) is 82.9 Å². The molecule has 4 aromatic rings. The highest BCUT2D eigenvalue weighted by molar-refractivity contribution is 9.10. The van der Waals surface area contributed by atoms with Crippen LogP contribution in [0.5, 0.6) is 0 Å². The highest BCUT2D eigenvalue weighted by atomic mass is 79.9. The molecule has 1 aromatic heterocycles. The van der Waals surface area contributed by atoms with Gasteiger partial charge >= 0.3 is 0 Å². The van der Waals surface area contributed by atoms with E-state index in [2.05, 4.69) is 39.2 Å². The zero-order valence-corrected chi connectivity index (χ0v) is 17.2. The summed E-state index contributed by atoms with van der Waals surface area (Å²) in [7, 11) is 0. The summed E-state index contributed by atoms with van der Waals surface area (Å²) in [4.78, 5) is 17.1. The summed E-state index contributed by atoms with van der Waals surface area (Å²) in [6, 6.07) is 19.1. The van der Waals surface area contributed by atoms with Crippen LogP contribution in [0.15, 0.2) is 69.6 Å². The van der Waals surface area contributed by atoms with Gasteiger partial charge in [0, 0.05) is 16.8 Å². The molecule has 140 valence electrons. The molecule has 4 rings (SSSR count). The van der Waals surface area contributed by atoms with Gasteiger partial charge in [0.05, 0.1) is 4.47 Å². The number of rotatable bonds is 4. The third-order valence-corrected chi connectivity index (χ3v) is 5.28. The number of halogens is 1. The topological polar surface area (TPSA) is 55.1 Å². The van der Waals surface area contributed by atoms with E-state index in [1.165, 1.54) is 5.56 Å². The predicted octanol–water partition coefficient (Wildman–Crippen LogP) is 6.38. The standard InChI is InChI=1S/C23H19BrN2O2/c1-3-15-12-19(24)21-20(13-15)26-23(28-21)16-8-10-17(11-9-16)25-22(27)18-7-5-4-6-14(18)2/h4-13H,3H2,1-2H3,(H,25,27). The summed E-state index contributed by atoms with van der Waals surface area (Å²) in [6.07, 6.45) is 0.937. The number of nitrogens with zero attached hydrogens (tertiary/aromatic N) is 1. The first-order valence-corrected chi connectivity index (χ1v) is 9.91. The lowest BCUT2D eigenvalue weighted by molar-refractivity contribution is 0.102. The van der Waals surface area contributed by atoms with Crippen LogP contribution in [-0.2, 0) is 6.42 Å². The van der Waals surface area contributed by atoms with Gasteiger partial charge < -0.3 is 9.73 Å². The molecule has 0 saturated carbocycles. The van der Waals surface area contributed by atoms with Crippen molar-refractivity contribution in [3.8, 4) is 11.5 Å². The zero-order valence-electron chi connectivity index (χ0n) is 15.6. The van der Waals surface area contributed by atoms with E-state index in [0.29, 0.717) is 11.5 Å². The lowest BCUT2D eigenvalue weighted by atomic mass is 10.1. The molecule has 0 atom stereocenters. The monoisotopic (exact) mass is 434 g/mol. The maximum Gasteiger partial charge on any atom is 0.255 e. The largest absolute Gasteiger partial charge is 0.435 e. The highest BCUT2D eigenvalue weighted by Gasteiger charge is 2.13. The second-order valence-electron chi connectivity index (χ2n) is 6.64. The maximum absolute atomic E-state index is 12.5. The average molecular weight is 435 g/mol. The van der Waals surface area contributed by atoms with Crippen LogP contribution in [0.3, 0.4) is 0 Å². The number of carbonyl (C=O) groups excluding carboxylic acids is 1. The van der Waals surface area contributed by atoms with Crippen LogP contribution in [0.2, 0.25) is 0 Å². The van der Waals surface area contributed by atoms with Crippen molar-refractivity contribution in [2.75, 3.05) is 5.32 Å². The molecular weight excluding hydrogens is 416 g/mol.